The number of hydrogen-bond donors (Lipinski definition) is 1. The molecule has 1 aliphatic heterocycles. The molecule has 3 aromatic heterocycles. The number of alkyl halides is 3. The van der Waals surface area contributed by atoms with Crippen molar-refractivity contribution in [1.29, 1.82) is 0 Å². The van der Waals surface area contributed by atoms with Crippen LogP contribution in [-0.4, -0.2) is 79.9 Å². The van der Waals surface area contributed by atoms with E-state index in [2.05, 4.69) is 20.4 Å². The van der Waals surface area contributed by atoms with Crippen LogP contribution in [0.3, 0.4) is 0 Å². The molecule has 0 bridgehead atoms. The number of nitrogens with zero attached hydrogens (tertiary/aromatic N) is 7. The fraction of sp³-hybridized carbons (Fsp3) is 0.419. The number of carbonyl (C=O) groups is 2. The molecule has 2 amide bonds. The predicted molar refractivity (Wildman–Crippen MR) is 172 cm³/mol. The largest absolute Gasteiger partial charge is 0.481 e. The lowest BCUT2D eigenvalue weighted by molar-refractivity contribution is -0.137. The van der Waals surface area contributed by atoms with Gasteiger partial charge in [0.2, 0.25) is 17.6 Å². The van der Waals surface area contributed by atoms with E-state index in [4.69, 9.17) is 21.1 Å². The number of aromatic nitrogens is 5. The van der Waals surface area contributed by atoms with Crippen molar-refractivity contribution in [3.8, 4) is 17.3 Å². The molecule has 0 aliphatic carbocycles. The van der Waals surface area contributed by atoms with Crippen molar-refractivity contribution < 1.29 is 32.2 Å². The second-order valence-electron chi connectivity index (χ2n) is 12.0. The van der Waals surface area contributed by atoms with Gasteiger partial charge in [-0.3, -0.25) is 9.59 Å². The first-order valence-corrected chi connectivity index (χ1v) is 15.4. The number of amides is 2. The number of nitrogens with one attached hydrogen (secondary N) is 1. The Labute approximate surface area is 278 Å². The fourth-order valence-electron chi connectivity index (χ4n) is 5.28. The topological polar surface area (TPSA) is 136 Å². The van der Waals surface area contributed by atoms with Gasteiger partial charge in [-0.2, -0.15) is 22.7 Å². The van der Waals surface area contributed by atoms with Crippen molar-refractivity contribution in [2.24, 2.45) is 0 Å². The number of anilines is 2. The van der Waals surface area contributed by atoms with Gasteiger partial charge < -0.3 is 29.2 Å². The summed E-state index contributed by atoms with van der Waals surface area (Å²) in [5, 5.41) is 6.76. The summed E-state index contributed by atoms with van der Waals surface area (Å²) >= 11 is 6.10. The van der Waals surface area contributed by atoms with Gasteiger partial charge in [0.1, 0.15) is 17.8 Å². The van der Waals surface area contributed by atoms with E-state index in [1.165, 1.54) is 13.3 Å². The molecule has 0 atom stereocenters. The molecule has 0 spiro atoms. The number of rotatable bonds is 7. The average Bonchev–Trinajstić information content (AvgIpc) is 3.48. The molecule has 256 valence electrons. The number of hydrogen-bond acceptors (Lipinski definition) is 9. The van der Waals surface area contributed by atoms with E-state index in [1.807, 2.05) is 11.8 Å². The summed E-state index contributed by atoms with van der Waals surface area (Å²) in [5.41, 5.74) is -0.874. The zero-order chi connectivity index (χ0) is 35.0. The molecular weight excluding hydrogens is 657 g/mol. The SMILES string of the molecule is CCc1c(N2CCN(C(=O)OC(C)(C)C)CC2)c(=O)n2nc(-c3ccnc(OC)c3)nc2n1CC(=O)Nc1ccc(C(F)(F)F)cc1Cl. The van der Waals surface area contributed by atoms with Crippen LogP contribution in [0.15, 0.2) is 41.3 Å². The Morgan fingerprint density at radius 2 is 1.77 bits per heavy atom. The molecule has 4 heterocycles. The lowest BCUT2D eigenvalue weighted by Gasteiger charge is -2.37. The second kappa shape index (κ2) is 13.3. The zero-order valence-corrected chi connectivity index (χ0v) is 27.6. The average molecular weight is 691 g/mol. The van der Waals surface area contributed by atoms with Crippen LogP contribution in [0.5, 0.6) is 5.88 Å². The minimum Gasteiger partial charge on any atom is -0.481 e. The third kappa shape index (κ3) is 7.32. The number of methoxy groups -OCH3 is 1. The molecule has 5 rings (SSSR count). The maximum absolute atomic E-state index is 14.1. The van der Waals surface area contributed by atoms with Crippen molar-refractivity contribution in [3.05, 3.63) is 63.2 Å². The quantitative estimate of drug-likeness (QED) is 0.287. The number of fused-ring (bicyclic) bond motifs is 1. The van der Waals surface area contributed by atoms with Crippen LogP contribution in [0.25, 0.3) is 17.2 Å². The Morgan fingerprint density at radius 1 is 1.06 bits per heavy atom. The predicted octanol–water partition coefficient (Wildman–Crippen LogP) is 4.89. The molecule has 1 aliphatic rings. The third-order valence-corrected chi connectivity index (χ3v) is 7.80. The van der Waals surface area contributed by atoms with Crippen molar-refractivity contribution in [2.75, 3.05) is 43.5 Å². The first-order chi connectivity index (χ1) is 22.6. The number of carbonyl (C=O) groups excluding carboxylic acids is 2. The molecule has 13 nitrogen and oxygen atoms in total. The Hall–Kier alpha value is -4.86. The van der Waals surface area contributed by atoms with Gasteiger partial charge in [-0.25, -0.2) is 9.78 Å². The summed E-state index contributed by atoms with van der Waals surface area (Å²) in [6.07, 6.45) is -3.27. The van der Waals surface area contributed by atoms with Crippen LogP contribution in [0.4, 0.5) is 29.3 Å². The van der Waals surface area contributed by atoms with Gasteiger partial charge in [0, 0.05) is 44.0 Å². The smallest absolute Gasteiger partial charge is 0.416 e. The normalized spacial score (nSPS) is 13.9. The van der Waals surface area contributed by atoms with E-state index in [1.54, 1.807) is 42.4 Å². The molecule has 1 aromatic carbocycles. The first-order valence-electron chi connectivity index (χ1n) is 15.0. The molecular formula is C31H34ClF3N8O5. The van der Waals surface area contributed by atoms with Crippen LogP contribution in [-0.2, 0) is 28.7 Å². The van der Waals surface area contributed by atoms with Gasteiger partial charge in [-0.05, 0) is 51.5 Å². The number of pyridine rings is 1. The molecule has 17 heteroatoms. The van der Waals surface area contributed by atoms with Crippen LogP contribution >= 0.6 is 11.6 Å². The first kappa shape index (κ1) is 34.5. The van der Waals surface area contributed by atoms with Crippen LogP contribution in [0.2, 0.25) is 5.02 Å². The molecule has 4 aromatic rings. The Bertz CT molecular complexity index is 1910. The van der Waals surface area contributed by atoms with Crippen molar-refractivity contribution in [1.82, 2.24) is 29.0 Å². The van der Waals surface area contributed by atoms with E-state index in [-0.39, 0.29) is 47.6 Å². The summed E-state index contributed by atoms with van der Waals surface area (Å²) in [7, 11) is 1.46. The minimum atomic E-state index is -4.61. The summed E-state index contributed by atoms with van der Waals surface area (Å²) < 4.78 is 52.9. The summed E-state index contributed by atoms with van der Waals surface area (Å²) in [6.45, 7) is 7.93. The van der Waals surface area contributed by atoms with E-state index in [0.29, 0.717) is 36.6 Å². The molecule has 0 unspecified atom stereocenters. The second-order valence-corrected chi connectivity index (χ2v) is 12.4. The van der Waals surface area contributed by atoms with E-state index in [0.717, 1.165) is 22.7 Å². The molecule has 1 N–H and O–H groups in total. The number of halogens is 4. The standard InChI is InChI=1S/C31H34ClF3N8O5/c1-6-22-25(40-11-13-41(14-12-40)29(46)48-30(2,3)4)27(45)43-28(38-26(39-43)18-9-10-36-24(15-18)47-5)42(22)17-23(44)37-21-8-7-19(16-20(21)32)31(33,34)35/h7-10,15-16H,6,11-14,17H2,1-5H3,(H,37,44). The van der Waals surface area contributed by atoms with E-state index >= 15 is 0 Å². The van der Waals surface area contributed by atoms with Crippen molar-refractivity contribution in [3.63, 3.8) is 0 Å². The Morgan fingerprint density at radius 3 is 2.38 bits per heavy atom. The maximum Gasteiger partial charge on any atom is 0.416 e. The lowest BCUT2D eigenvalue weighted by Crippen LogP contribution is -2.51. The van der Waals surface area contributed by atoms with E-state index < -0.39 is 34.9 Å². The molecule has 1 saturated heterocycles. The van der Waals surface area contributed by atoms with Gasteiger partial charge in [0.05, 0.1) is 29.1 Å². The highest BCUT2D eigenvalue weighted by atomic mass is 35.5. The van der Waals surface area contributed by atoms with Gasteiger partial charge in [-0.1, -0.05) is 18.5 Å². The van der Waals surface area contributed by atoms with Crippen LogP contribution in [0.1, 0.15) is 39.0 Å². The highest BCUT2D eigenvalue weighted by molar-refractivity contribution is 6.33. The van der Waals surface area contributed by atoms with Gasteiger partial charge in [0.25, 0.3) is 5.56 Å². The summed E-state index contributed by atoms with van der Waals surface area (Å²) in [6, 6.07) is 5.87. The minimum absolute atomic E-state index is 0.0192. The molecule has 48 heavy (non-hydrogen) atoms. The third-order valence-electron chi connectivity index (χ3n) is 7.48. The van der Waals surface area contributed by atoms with E-state index in [9.17, 15) is 27.6 Å². The lowest BCUT2D eigenvalue weighted by atomic mass is 10.2. The molecule has 0 radical (unpaired) electrons. The Kier molecular flexibility index (Phi) is 9.58. The van der Waals surface area contributed by atoms with Crippen molar-refractivity contribution in [2.45, 2.75) is 52.4 Å². The number of benzene rings is 1. The highest BCUT2D eigenvalue weighted by Crippen LogP contribution is 2.34. The molecule has 0 saturated carbocycles. The Balaban J connectivity index is 1.55. The monoisotopic (exact) mass is 690 g/mol. The highest BCUT2D eigenvalue weighted by Gasteiger charge is 2.32. The van der Waals surface area contributed by atoms with Crippen LogP contribution in [0, 0.1) is 0 Å². The fourth-order valence-corrected chi connectivity index (χ4v) is 5.50. The summed E-state index contributed by atoms with van der Waals surface area (Å²) in [4.78, 5) is 52.4. The number of piperazine rings is 1. The maximum atomic E-state index is 14.1. The van der Waals surface area contributed by atoms with Gasteiger partial charge in [-0.15, -0.1) is 5.10 Å². The van der Waals surface area contributed by atoms with Gasteiger partial charge in [0.15, 0.2) is 5.82 Å². The number of ether oxygens (including phenoxy) is 2. The van der Waals surface area contributed by atoms with Gasteiger partial charge >= 0.3 is 12.3 Å². The van der Waals surface area contributed by atoms with Crippen molar-refractivity contribution >= 4 is 40.8 Å². The summed E-state index contributed by atoms with van der Waals surface area (Å²) in [5.74, 6) is -0.103. The zero-order valence-electron chi connectivity index (χ0n) is 26.9. The van der Waals surface area contributed by atoms with Crippen LogP contribution < -0.4 is 20.5 Å². The molecule has 1 fully saturated rings.